The number of hydrogen-bond acceptors (Lipinski definition) is 2. The summed E-state index contributed by atoms with van der Waals surface area (Å²) in [5, 5.41) is 7.43. The lowest BCUT2D eigenvalue weighted by Gasteiger charge is -2.12. The number of thiophene rings is 1. The standard InChI is InChI=1S/C14H16FNS/c1-10(2)16-8-11-3-4-13(15)7-14(11)12-5-6-17-9-12/h3-7,9-10,16H,8H2,1-2H3. The molecule has 1 aromatic carbocycles. The molecule has 0 aliphatic heterocycles. The van der Waals surface area contributed by atoms with Crippen LogP contribution in [0.2, 0.25) is 0 Å². The van der Waals surface area contributed by atoms with Gasteiger partial charge in [-0.3, -0.25) is 0 Å². The van der Waals surface area contributed by atoms with Crippen molar-refractivity contribution in [3.8, 4) is 11.1 Å². The van der Waals surface area contributed by atoms with Gasteiger partial charge < -0.3 is 5.32 Å². The molecule has 0 bridgehead atoms. The maximum atomic E-state index is 13.3. The lowest BCUT2D eigenvalue weighted by atomic mass is 10.0. The molecule has 0 saturated heterocycles. The van der Waals surface area contributed by atoms with Crippen molar-refractivity contribution in [3.05, 3.63) is 46.4 Å². The Morgan fingerprint density at radius 2 is 2.12 bits per heavy atom. The lowest BCUT2D eigenvalue weighted by Crippen LogP contribution is -2.22. The maximum absolute atomic E-state index is 13.3. The van der Waals surface area contributed by atoms with Crippen LogP contribution in [0.4, 0.5) is 4.39 Å². The molecular weight excluding hydrogens is 233 g/mol. The molecule has 90 valence electrons. The Morgan fingerprint density at radius 3 is 2.76 bits per heavy atom. The van der Waals surface area contributed by atoms with Gasteiger partial charge in [0.05, 0.1) is 0 Å². The Morgan fingerprint density at radius 1 is 1.29 bits per heavy atom. The van der Waals surface area contributed by atoms with E-state index in [-0.39, 0.29) is 5.82 Å². The number of nitrogens with one attached hydrogen (secondary N) is 1. The molecule has 0 aliphatic carbocycles. The normalized spacial score (nSPS) is 11.1. The van der Waals surface area contributed by atoms with E-state index in [4.69, 9.17) is 0 Å². The molecule has 1 aromatic heterocycles. The van der Waals surface area contributed by atoms with Crippen LogP contribution in [0.1, 0.15) is 19.4 Å². The molecular formula is C14H16FNS. The Bertz CT molecular complexity index is 477. The molecule has 0 amide bonds. The van der Waals surface area contributed by atoms with Crippen molar-refractivity contribution < 1.29 is 4.39 Å². The summed E-state index contributed by atoms with van der Waals surface area (Å²) in [5.74, 6) is -0.181. The highest BCUT2D eigenvalue weighted by molar-refractivity contribution is 7.08. The van der Waals surface area contributed by atoms with E-state index >= 15 is 0 Å². The van der Waals surface area contributed by atoms with Crippen LogP contribution in [0.15, 0.2) is 35.0 Å². The van der Waals surface area contributed by atoms with E-state index in [1.165, 1.54) is 6.07 Å². The summed E-state index contributed by atoms with van der Waals surface area (Å²) < 4.78 is 13.3. The second kappa shape index (κ2) is 5.43. The van der Waals surface area contributed by atoms with E-state index in [9.17, 15) is 4.39 Å². The SMILES string of the molecule is CC(C)NCc1ccc(F)cc1-c1ccsc1. The number of hydrogen-bond donors (Lipinski definition) is 1. The highest BCUT2D eigenvalue weighted by Gasteiger charge is 2.07. The van der Waals surface area contributed by atoms with E-state index in [1.54, 1.807) is 17.4 Å². The second-order valence-corrected chi connectivity index (χ2v) is 5.13. The van der Waals surface area contributed by atoms with Crippen LogP contribution in [0.25, 0.3) is 11.1 Å². The van der Waals surface area contributed by atoms with Gasteiger partial charge in [-0.15, -0.1) is 0 Å². The third-order valence-electron chi connectivity index (χ3n) is 2.60. The van der Waals surface area contributed by atoms with Crippen LogP contribution >= 0.6 is 11.3 Å². The minimum atomic E-state index is -0.181. The van der Waals surface area contributed by atoms with E-state index in [0.717, 1.165) is 23.2 Å². The molecule has 1 nitrogen and oxygen atoms in total. The van der Waals surface area contributed by atoms with Crippen LogP contribution in [-0.4, -0.2) is 6.04 Å². The molecule has 0 radical (unpaired) electrons. The van der Waals surface area contributed by atoms with E-state index < -0.39 is 0 Å². The topological polar surface area (TPSA) is 12.0 Å². The summed E-state index contributed by atoms with van der Waals surface area (Å²) in [5.41, 5.74) is 3.22. The van der Waals surface area contributed by atoms with Crippen LogP contribution in [0.3, 0.4) is 0 Å². The summed E-state index contributed by atoms with van der Waals surface area (Å²) >= 11 is 1.63. The summed E-state index contributed by atoms with van der Waals surface area (Å²) in [6.45, 7) is 4.98. The minimum absolute atomic E-state index is 0.181. The molecule has 0 fully saturated rings. The lowest BCUT2D eigenvalue weighted by molar-refractivity contribution is 0.587. The van der Waals surface area contributed by atoms with Gasteiger partial charge in [0.1, 0.15) is 5.82 Å². The maximum Gasteiger partial charge on any atom is 0.123 e. The quantitative estimate of drug-likeness (QED) is 0.862. The van der Waals surface area contributed by atoms with E-state index in [0.29, 0.717) is 6.04 Å². The highest BCUT2D eigenvalue weighted by Crippen LogP contribution is 2.26. The van der Waals surface area contributed by atoms with Gasteiger partial charge in [0.2, 0.25) is 0 Å². The van der Waals surface area contributed by atoms with Gasteiger partial charge in [0.25, 0.3) is 0 Å². The first-order valence-electron chi connectivity index (χ1n) is 5.71. The van der Waals surface area contributed by atoms with Crippen molar-refractivity contribution in [2.45, 2.75) is 26.4 Å². The summed E-state index contributed by atoms with van der Waals surface area (Å²) in [6, 6.07) is 7.44. The zero-order chi connectivity index (χ0) is 12.3. The van der Waals surface area contributed by atoms with Crippen LogP contribution < -0.4 is 5.32 Å². The van der Waals surface area contributed by atoms with Gasteiger partial charge in [-0.2, -0.15) is 11.3 Å². The molecule has 3 heteroatoms. The molecule has 0 atom stereocenters. The van der Waals surface area contributed by atoms with Gasteiger partial charge >= 0.3 is 0 Å². The third kappa shape index (κ3) is 3.14. The molecule has 17 heavy (non-hydrogen) atoms. The zero-order valence-corrected chi connectivity index (χ0v) is 10.9. The Labute approximate surface area is 105 Å². The first-order chi connectivity index (χ1) is 8.16. The fraction of sp³-hybridized carbons (Fsp3) is 0.286. The van der Waals surface area contributed by atoms with Crippen LogP contribution in [-0.2, 0) is 6.54 Å². The summed E-state index contributed by atoms with van der Waals surface area (Å²) in [7, 11) is 0. The smallest absolute Gasteiger partial charge is 0.123 e. The first kappa shape index (κ1) is 12.3. The van der Waals surface area contributed by atoms with Crippen molar-refractivity contribution in [1.82, 2.24) is 5.32 Å². The van der Waals surface area contributed by atoms with Crippen molar-refractivity contribution >= 4 is 11.3 Å². The molecule has 2 aromatic rings. The fourth-order valence-electron chi connectivity index (χ4n) is 1.70. The van der Waals surface area contributed by atoms with Crippen molar-refractivity contribution in [3.63, 3.8) is 0 Å². The highest BCUT2D eigenvalue weighted by atomic mass is 32.1. The van der Waals surface area contributed by atoms with Crippen molar-refractivity contribution in [1.29, 1.82) is 0 Å². The average molecular weight is 249 g/mol. The zero-order valence-electron chi connectivity index (χ0n) is 10.0. The fourth-order valence-corrected chi connectivity index (χ4v) is 2.36. The first-order valence-corrected chi connectivity index (χ1v) is 6.65. The molecule has 0 saturated carbocycles. The Balaban J connectivity index is 2.31. The monoisotopic (exact) mass is 249 g/mol. The average Bonchev–Trinajstić information content (AvgIpc) is 2.80. The summed E-state index contributed by atoms with van der Waals surface area (Å²) in [4.78, 5) is 0. The Hall–Kier alpha value is -1.19. The minimum Gasteiger partial charge on any atom is -0.310 e. The largest absolute Gasteiger partial charge is 0.310 e. The van der Waals surface area contributed by atoms with Gasteiger partial charge in [0.15, 0.2) is 0 Å². The molecule has 0 unspecified atom stereocenters. The van der Waals surface area contributed by atoms with Crippen LogP contribution in [0, 0.1) is 5.82 Å². The second-order valence-electron chi connectivity index (χ2n) is 4.35. The molecule has 1 heterocycles. The number of rotatable bonds is 4. The molecule has 0 aliphatic rings. The van der Waals surface area contributed by atoms with Gasteiger partial charge in [-0.25, -0.2) is 4.39 Å². The molecule has 2 rings (SSSR count). The van der Waals surface area contributed by atoms with Crippen molar-refractivity contribution in [2.24, 2.45) is 0 Å². The van der Waals surface area contributed by atoms with Crippen LogP contribution in [0.5, 0.6) is 0 Å². The van der Waals surface area contributed by atoms with Gasteiger partial charge in [-0.1, -0.05) is 19.9 Å². The van der Waals surface area contributed by atoms with E-state index in [2.05, 4.69) is 19.2 Å². The third-order valence-corrected chi connectivity index (χ3v) is 3.29. The summed E-state index contributed by atoms with van der Waals surface area (Å²) in [6.07, 6.45) is 0. The number of benzene rings is 1. The van der Waals surface area contributed by atoms with E-state index in [1.807, 2.05) is 22.9 Å². The van der Waals surface area contributed by atoms with Gasteiger partial charge in [0, 0.05) is 12.6 Å². The Kier molecular flexibility index (Phi) is 3.92. The molecule has 0 spiro atoms. The van der Waals surface area contributed by atoms with Gasteiger partial charge in [-0.05, 0) is 45.6 Å². The van der Waals surface area contributed by atoms with Crippen molar-refractivity contribution in [2.75, 3.05) is 0 Å². The number of halogens is 1. The molecule has 1 N–H and O–H groups in total. The predicted octanol–water partition coefficient (Wildman–Crippen LogP) is 4.05. The predicted molar refractivity (Wildman–Crippen MR) is 71.7 cm³/mol.